The Hall–Kier alpha value is -1.41. The van der Waals surface area contributed by atoms with Gasteiger partial charge in [0.25, 0.3) is 0 Å². The monoisotopic (exact) mass is 342 g/mol. The minimum atomic E-state index is -4.48. The van der Waals surface area contributed by atoms with Crippen LogP contribution in [0.4, 0.5) is 16.4 Å². The summed E-state index contributed by atoms with van der Waals surface area (Å²) in [4.78, 5) is 0. The molecule has 0 bridgehead atoms. The molecule has 0 heterocycles. The van der Waals surface area contributed by atoms with Crippen LogP contribution in [0.3, 0.4) is 0 Å². The Labute approximate surface area is 130 Å². The van der Waals surface area contributed by atoms with E-state index in [9.17, 15) is 16.4 Å². The highest BCUT2D eigenvalue weighted by Gasteiger charge is 2.39. The number of rotatable bonds is 7. The smallest absolute Gasteiger partial charge is 0.265 e. The van der Waals surface area contributed by atoms with Crippen LogP contribution in [0.1, 0.15) is 12.8 Å². The van der Waals surface area contributed by atoms with E-state index in [1.165, 1.54) is 24.3 Å². The summed E-state index contributed by atoms with van der Waals surface area (Å²) < 4.78 is 56.2. The van der Waals surface area contributed by atoms with Gasteiger partial charge in [-0.2, -0.15) is 0 Å². The molecular formula is C16H18F4Si2. The summed E-state index contributed by atoms with van der Waals surface area (Å²) in [7, 11) is -8.97. The van der Waals surface area contributed by atoms with Gasteiger partial charge in [0.05, 0.1) is 0 Å². The predicted molar refractivity (Wildman–Crippen MR) is 86.9 cm³/mol. The largest absolute Gasteiger partial charge is 0.455 e. The molecule has 0 atom stereocenters. The Morgan fingerprint density at radius 1 is 0.545 bits per heavy atom. The van der Waals surface area contributed by atoms with Gasteiger partial charge in [-0.25, -0.2) is 0 Å². The molecule has 2 aromatic carbocycles. The third-order valence-electron chi connectivity index (χ3n) is 3.62. The van der Waals surface area contributed by atoms with Crippen LogP contribution in [0.25, 0.3) is 0 Å². The lowest BCUT2D eigenvalue weighted by molar-refractivity contribution is 0.587. The van der Waals surface area contributed by atoms with E-state index >= 15 is 0 Å². The van der Waals surface area contributed by atoms with Gasteiger partial charge in [-0.15, -0.1) is 0 Å². The Morgan fingerprint density at radius 3 is 1.18 bits per heavy atom. The van der Waals surface area contributed by atoms with Crippen molar-refractivity contribution in [2.24, 2.45) is 0 Å². The van der Waals surface area contributed by atoms with Crippen molar-refractivity contribution in [3.05, 3.63) is 60.7 Å². The van der Waals surface area contributed by atoms with Crippen molar-refractivity contribution in [2.45, 2.75) is 24.9 Å². The Bertz CT molecular complexity index is 520. The summed E-state index contributed by atoms with van der Waals surface area (Å²) in [5.74, 6) is 0. The van der Waals surface area contributed by atoms with Crippen LogP contribution in [-0.2, 0) is 0 Å². The highest BCUT2D eigenvalue weighted by Crippen LogP contribution is 2.22. The highest BCUT2D eigenvalue weighted by molar-refractivity contribution is 6.80. The van der Waals surface area contributed by atoms with Gasteiger partial charge in [0.15, 0.2) is 0 Å². The maximum absolute atomic E-state index is 14.1. The van der Waals surface area contributed by atoms with Crippen molar-refractivity contribution < 1.29 is 16.4 Å². The van der Waals surface area contributed by atoms with Gasteiger partial charge in [0.2, 0.25) is 0 Å². The standard InChI is InChI=1S/C16H18F4Si2/c17-21(18,15-9-3-1-4-10-15)13-7-8-14-22(19,20)16-11-5-2-6-12-16/h1-6,9-12H,7-8,13-14H2. The molecule has 0 fully saturated rings. The first-order valence-electron chi connectivity index (χ1n) is 7.28. The van der Waals surface area contributed by atoms with Gasteiger partial charge in [-0.05, 0) is 0 Å². The number of benzene rings is 2. The average Bonchev–Trinajstić information content (AvgIpc) is 2.53. The molecule has 0 aliphatic carbocycles. The van der Waals surface area contributed by atoms with Crippen LogP contribution in [0.15, 0.2) is 60.7 Å². The van der Waals surface area contributed by atoms with Crippen molar-refractivity contribution in [2.75, 3.05) is 0 Å². The molecule has 2 rings (SSSR count). The zero-order chi connectivity index (χ0) is 16.1. The minimum absolute atomic E-state index is 0.0852. The summed E-state index contributed by atoms with van der Waals surface area (Å²) in [5.41, 5.74) is 0. The predicted octanol–water partition coefficient (Wildman–Crippen LogP) is 4.34. The fourth-order valence-electron chi connectivity index (χ4n) is 2.35. The molecule has 0 aliphatic heterocycles. The van der Waals surface area contributed by atoms with Crippen molar-refractivity contribution in [3.63, 3.8) is 0 Å². The van der Waals surface area contributed by atoms with E-state index in [4.69, 9.17) is 0 Å². The molecule has 6 heteroatoms. The van der Waals surface area contributed by atoms with Crippen molar-refractivity contribution in [1.82, 2.24) is 0 Å². The van der Waals surface area contributed by atoms with E-state index in [1.54, 1.807) is 36.4 Å². The van der Waals surface area contributed by atoms with E-state index in [2.05, 4.69) is 0 Å². The van der Waals surface area contributed by atoms with Crippen LogP contribution >= 0.6 is 0 Å². The van der Waals surface area contributed by atoms with Crippen LogP contribution in [0.2, 0.25) is 12.1 Å². The molecule has 22 heavy (non-hydrogen) atoms. The Morgan fingerprint density at radius 2 is 0.864 bits per heavy atom. The first kappa shape index (κ1) is 17.0. The molecule has 0 aliphatic rings. The van der Waals surface area contributed by atoms with Crippen molar-refractivity contribution >= 4 is 27.9 Å². The SMILES string of the molecule is F[Si](F)(CCCC[Si](F)(F)c1ccccc1)c1ccccc1. The second kappa shape index (κ2) is 7.24. The van der Waals surface area contributed by atoms with Crippen LogP contribution in [-0.4, -0.2) is 17.5 Å². The lowest BCUT2D eigenvalue weighted by Gasteiger charge is -2.15. The molecule has 0 amide bonds. The maximum atomic E-state index is 14.1. The number of unbranched alkanes of at least 4 members (excludes halogenated alkanes) is 1. The molecule has 0 radical (unpaired) electrons. The van der Waals surface area contributed by atoms with Crippen LogP contribution in [0.5, 0.6) is 0 Å². The van der Waals surface area contributed by atoms with Gasteiger partial charge in [-0.3, -0.25) is 16.4 Å². The molecule has 0 spiro atoms. The minimum Gasteiger partial charge on any atom is -0.265 e. The van der Waals surface area contributed by atoms with Gasteiger partial charge >= 0.3 is 17.5 Å². The molecule has 0 N–H and O–H groups in total. The summed E-state index contributed by atoms with van der Waals surface area (Å²) in [6.07, 6.45) is 0.313. The Kier molecular flexibility index (Phi) is 5.58. The van der Waals surface area contributed by atoms with Crippen molar-refractivity contribution in [1.29, 1.82) is 0 Å². The second-order valence-corrected chi connectivity index (χ2v) is 10.3. The number of halogens is 4. The first-order valence-corrected chi connectivity index (χ1v) is 11.2. The lowest BCUT2D eigenvalue weighted by Crippen LogP contribution is -2.40. The van der Waals surface area contributed by atoms with Crippen LogP contribution < -0.4 is 10.4 Å². The highest BCUT2D eigenvalue weighted by atomic mass is 28.4. The van der Waals surface area contributed by atoms with Gasteiger partial charge in [0.1, 0.15) is 0 Å². The molecule has 0 saturated heterocycles. The Balaban J connectivity index is 1.84. The van der Waals surface area contributed by atoms with E-state index < -0.39 is 17.5 Å². The molecule has 0 aromatic heterocycles. The quantitative estimate of drug-likeness (QED) is 0.304. The topological polar surface area (TPSA) is 0 Å². The average molecular weight is 342 g/mol. The summed E-state index contributed by atoms with van der Waals surface area (Å²) in [5, 5.41) is 0.170. The molecule has 0 unspecified atom stereocenters. The van der Waals surface area contributed by atoms with Gasteiger partial charge < -0.3 is 0 Å². The third kappa shape index (κ3) is 4.54. The normalized spacial score (nSPS) is 12.4. The van der Waals surface area contributed by atoms with Gasteiger partial charge in [0, 0.05) is 22.5 Å². The summed E-state index contributed by atoms with van der Waals surface area (Å²) in [6, 6.07) is 15.0. The summed E-state index contributed by atoms with van der Waals surface area (Å²) >= 11 is 0. The van der Waals surface area contributed by atoms with Crippen molar-refractivity contribution in [3.8, 4) is 0 Å². The molecule has 0 nitrogen and oxygen atoms in total. The third-order valence-corrected chi connectivity index (χ3v) is 7.94. The number of hydrogen-bond donors (Lipinski definition) is 0. The number of hydrogen-bond acceptors (Lipinski definition) is 0. The second-order valence-electron chi connectivity index (χ2n) is 5.35. The molecule has 0 saturated carbocycles. The molecule has 2 aromatic rings. The van der Waals surface area contributed by atoms with E-state index in [0.717, 1.165) is 0 Å². The van der Waals surface area contributed by atoms with Gasteiger partial charge in [-0.1, -0.05) is 73.5 Å². The van der Waals surface area contributed by atoms with Crippen LogP contribution in [0, 0.1) is 0 Å². The fourth-order valence-corrected chi connectivity index (χ4v) is 5.67. The van der Waals surface area contributed by atoms with E-state index in [1.807, 2.05) is 0 Å². The molecule has 118 valence electrons. The zero-order valence-electron chi connectivity index (χ0n) is 12.1. The maximum Gasteiger partial charge on any atom is 0.455 e. The molecular weight excluding hydrogens is 324 g/mol. The first-order chi connectivity index (χ1) is 10.4. The van der Waals surface area contributed by atoms with E-state index in [0.29, 0.717) is 0 Å². The summed E-state index contributed by atoms with van der Waals surface area (Å²) in [6.45, 7) is 0. The lowest BCUT2D eigenvalue weighted by atomic mass is 10.4. The van der Waals surface area contributed by atoms with E-state index in [-0.39, 0.29) is 35.3 Å². The fraction of sp³-hybridized carbons (Fsp3) is 0.250. The zero-order valence-corrected chi connectivity index (χ0v) is 14.1.